The molecular formula is C15H20ClFN2O. The number of amides is 1. The van der Waals surface area contributed by atoms with Crippen LogP contribution in [-0.4, -0.2) is 30.4 Å². The molecule has 5 heteroatoms. The van der Waals surface area contributed by atoms with Gasteiger partial charge in [-0.2, -0.15) is 0 Å². The van der Waals surface area contributed by atoms with Gasteiger partial charge in [0, 0.05) is 23.2 Å². The van der Waals surface area contributed by atoms with Crippen LogP contribution in [0.3, 0.4) is 0 Å². The molecule has 0 aromatic heterocycles. The van der Waals surface area contributed by atoms with Crippen LogP contribution in [0.5, 0.6) is 0 Å². The molecule has 0 saturated heterocycles. The standard InChI is InChI=1S/C15H20ClFN2O/c1-10(11-6-7-11)18-15(20)9-19(2)8-12-13(16)4-3-5-14(12)17/h3-5,10-11H,6-9H2,1-2H3,(H,18,20)/t10-/m1/s1. The van der Waals surface area contributed by atoms with Gasteiger partial charge in [0.05, 0.1) is 6.54 Å². The van der Waals surface area contributed by atoms with Gasteiger partial charge in [0.25, 0.3) is 0 Å². The maximum atomic E-state index is 13.7. The number of hydrogen-bond acceptors (Lipinski definition) is 2. The molecule has 0 bridgehead atoms. The van der Waals surface area contributed by atoms with E-state index >= 15 is 0 Å². The van der Waals surface area contributed by atoms with E-state index in [0.717, 1.165) is 0 Å². The van der Waals surface area contributed by atoms with Gasteiger partial charge in [-0.3, -0.25) is 9.69 Å². The third-order valence-corrected chi connectivity index (χ3v) is 3.98. The number of hydrogen-bond donors (Lipinski definition) is 1. The number of rotatable bonds is 6. The first-order valence-corrected chi connectivity index (χ1v) is 7.26. The van der Waals surface area contributed by atoms with Crippen LogP contribution in [0, 0.1) is 11.7 Å². The topological polar surface area (TPSA) is 32.3 Å². The fourth-order valence-corrected chi connectivity index (χ4v) is 2.49. The van der Waals surface area contributed by atoms with Crippen molar-refractivity contribution in [3.63, 3.8) is 0 Å². The zero-order valence-electron chi connectivity index (χ0n) is 11.8. The van der Waals surface area contributed by atoms with Gasteiger partial charge in [-0.05, 0) is 44.9 Å². The molecule has 0 aliphatic heterocycles. The summed E-state index contributed by atoms with van der Waals surface area (Å²) in [4.78, 5) is 13.6. The van der Waals surface area contributed by atoms with Gasteiger partial charge in [-0.1, -0.05) is 17.7 Å². The maximum absolute atomic E-state index is 13.7. The van der Waals surface area contributed by atoms with Crippen LogP contribution in [0.1, 0.15) is 25.3 Å². The molecule has 0 spiro atoms. The number of carbonyl (C=O) groups excluding carboxylic acids is 1. The van der Waals surface area contributed by atoms with Gasteiger partial charge >= 0.3 is 0 Å². The molecule has 3 nitrogen and oxygen atoms in total. The molecular weight excluding hydrogens is 279 g/mol. The lowest BCUT2D eigenvalue weighted by molar-refractivity contribution is -0.122. The summed E-state index contributed by atoms with van der Waals surface area (Å²) >= 11 is 5.98. The highest BCUT2D eigenvalue weighted by atomic mass is 35.5. The van der Waals surface area contributed by atoms with Crippen molar-refractivity contribution in [1.29, 1.82) is 0 Å². The van der Waals surface area contributed by atoms with Crippen molar-refractivity contribution in [2.75, 3.05) is 13.6 Å². The molecule has 1 aromatic rings. The lowest BCUT2D eigenvalue weighted by Crippen LogP contribution is -2.40. The van der Waals surface area contributed by atoms with Crippen LogP contribution >= 0.6 is 11.6 Å². The van der Waals surface area contributed by atoms with E-state index in [1.165, 1.54) is 18.9 Å². The quantitative estimate of drug-likeness (QED) is 0.876. The Morgan fingerprint density at radius 2 is 2.25 bits per heavy atom. The second-order valence-electron chi connectivity index (χ2n) is 5.57. The Morgan fingerprint density at radius 3 is 2.85 bits per heavy atom. The average Bonchev–Trinajstić information content (AvgIpc) is 3.17. The minimum absolute atomic E-state index is 0.0284. The summed E-state index contributed by atoms with van der Waals surface area (Å²) in [6, 6.07) is 4.84. The summed E-state index contributed by atoms with van der Waals surface area (Å²) < 4.78 is 13.7. The number of carbonyl (C=O) groups is 1. The van der Waals surface area contributed by atoms with Gasteiger partial charge in [-0.15, -0.1) is 0 Å². The Kier molecular flexibility index (Phi) is 5.00. The zero-order chi connectivity index (χ0) is 14.7. The van der Waals surface area contributed by atoms with Crippen molar-refractivity contribution < 1.29 is 9.18 Å². The first-order chi connectivity index (χ1) is 9.47. The first kappa shape index (κ1) is 15.3. The predicted octanol–water partition coefficient (Wildman–Crippen LogP) is 2.83. The van der Waals surface area contributed by atoms with Crippen molar-refractivity contribution >= 4 is 17.5 Å². The van der Waals surface area contributed by atoms with Crippen molar-refractivity contribution in [2.24, 2.45) is 5.92 Å². The maximum Gasteiger partial charge on any atom is 0.234 e. The molecule has 0 unspecified atom stereocenters. The third kappa shape index (κ3) is 4.18. The van der Waals surface area contributed by atoms with Gasteiger partial charge in [0.15, 0.2) is 0 Å². The van der Waals surface area contributed by atoms with Crippen LogP contribution in [0.4, 0.5) is 4.39 Å². The molecule has 1 aliphatic rings. The molecule has 110 valence electrons. The van der Waals surface area contributed by atoms with E-state index in [4.69, 9.17) is 11.6 Å². The monoisotopic (exact) mass is 298 g/mol. The van der Waals surface area contributed by atoms with Gasteiger partial charge in [-0.25, -0.2) is 4.39 Å². The Balaban J connectivity index is 1.85. The lowest BCUT2D eigenvalue weighted by atomic mass is 10.2. The minimum atomic E-state index is -0.337. The highest BCUT2D eigenvalue weighted by molar-refractivity contribution is 6.31. The molecule has 1 N–H and O–H groups in total. The van der Waals surface area contributed by atoms with E-state index in [9.17, 15) is 9.18 Å². The highest BCUT2D eigenvalue weighted by Crippen LogP contribution is 2.32. The molecule has 0 heterocycles. The molecule has 1 atom stereocenters. The lowest BCUT2D eigenvalue weighted by Gasteiger charge is -2.19. The number of likely N-dealkylation sites (N-methyl/N-ethyl adjacent to an activating group) is 1. The highest BCUT2D eigenvalue weighted by Gasteiger charge is 2.28. The first-order valence-electron chi connectivity index (χ1n) is 6.88. The predicted molar refractivity (Wildman–Crippen MR) is 78.1 cm³/mol. The second-order valence-corrected chi connectivity index (χ2v) is 5.97. The number of benzene rings is 1. The zero-order valence-corrected chi connectivity index (χ0v) is 12.6. The van der Waals surface area contributed by atoms with Crippen LogP contribution < -0.4 is 5.32 Å². The fraction of sp³-hybridized carbons (Fsp3) is 0.533. The Labute approximate surface area is 124 Å². The summed E-state index contributed by atoms with van der Waals surface area (Å²) in [6.07, 6.45) is 2.39. The normalized spacial score (nSPS) is 16.2. The van der Waals surface area contributed by atoms with Crippen molar-refractivity contribution in [3.8, 4) is 0 Å². The van der Waals surface area contributed by atoms with Crippen molar-refractivity contribution in [2.45, 2.75) is 32.4 Å². The minimum Gasteiger partial charge on any atom is -0.352 e. The van der Waals surface area contributed by atoms with Gasteiger partial charge in [0.1, 0.15) is 5.82 Å². The van der Waals surface area contributed by atoms with E-state index in [1.807, 2.05) is 6.92 Å². The largest absolute Gasteiger partial charge is 0.352 e. The third-order valence-electron chi connectivity index (χ3n) is 3.62. The van der Waals surface area contributed by atoms with Crippen LogP contribution in [0.15, 0.2) is 18.2 Å². The number of halogens is 2. The molecule has 2 rings (SSSR count). The average molecular weight is 299 g/mol. The van der Waals surface area contributed by atoms with Gasteiger partial charge < -0.3 is 5.32 Å². The molecule has 1 saturated carbocycles. The Bertz CT molecular complexity index is 471. The van der Waals surface area contributed by atoms with E-state index in [2.05, 4.69) is 5.32 Å². The van der Waals surface area contributed by atoms with Gasteiger partial charge in [0.2, 0.25) is 5.91 Å². The van der Waals surface area contributed by atoms with Crippen molar-refractivity contribution in [3.05, 3.63) is 34.6 Å². The Hall–Kier alpha value is -1.13. The summed E-state index contributed by atoms with van der Waals surface area (Å²) in [5.74, 6) is 0.265. The van der Waals surface area contributed by atoms with Crippen LogP contribution in [-0.2, 0) is 11.3 Å². The molecule has 0 radical (unpaired) electrons. The summed E-state index contributed by atoms with van der Waals surface area (Å²) in [5.41, 5.74) is 0.430. The molecule has 1 fully saturated rings. The number of nitrogens with one attached hydrogen (secondary N) is 1. The van der Waals surface area contributed by atoms with Crippen LogP contribution in [0.2, 0.25) is 5.02 Å². The molecule has 1 aliphatic carbocycles. The molecule has 20 heavy (non-hydrogen) atoms. The fourth-order valence-electron chi connectivity index (χ4n) is 2.27. The van der Waals surface area contributed by atoms with E-state index in [-0.39, 0.29) is 24.3 Å². The van der Waals surface area contributed by atoms with E-state index < -0.39 is 0 Å². The Morgan fingerprint density at radius 1 is 1.55 bits per heavy atom. The SMILES string of the molecule is C[C@@H](NC(=O)CN(C)Cc1c(F)cccc1Cl)C1CC1. The number of nitrogens with zero attached hydrogens (tertiary/aromatic N) is 1. The molecule has 1 amide bonds. The summed E-state index contributed by atoms with van der Waals surface area (Å²) in [5, 5.41) is 3.37. The smallest absolute Gasteiger partial charge is 0.234 e. The second kappa shape index (κ2) is 6.55. The molecule has 1 aromatic carbocycles. The van der Waals surface area contributed by atoms with Crippen molar-refractivity contribution in [1.82, 2.24) is 10.2 Å². The summed E-state index contributed by atoms with van der Waals surface area (Å²) in [6.45, 7) is 2.59. The van der Waals surface area contributed by atoms with E-state index in [0.29, 0.717) is 23.0 Å². The summed E-state index contributed by atoms with van der Waals surface area (Å²) in [7, 11) is 1.78. The van der Waals surface area contributed by atoms with Crippen LogP contribution in [0.25, 0.3) is 0 Å². The van der Waals surface area contributed by atoms with E-state index in [1.54, 1.807) is 24.1 Å².